The Morgan fingerprint density at radius 1 is 0.800 bits per heavy atom. The van der Waals surface area contributed by atoms with Crippen molar-refractivity contribution in [2.45, 2.75) is 134 Å². The number of aliphatic hydroxyl groups excluding tert-OH is 5. The second-order valence-corrected chi connectivity index (χ2v) is 11.2. The summed E-state index contributed by atoms with van der Waals surface area (Å²) in [6.45, 7) is 3.32. The monoisotopic (exact) mass is 633 g/mol. The van der Waals surface area contributed by atoms with E-state index in [2.05, 4.69) is 66.9 Å². The Balaban J connectivity index is 2.57. The SMILES string of the molecule is C/C=C/CC/C=C/CC/C=C/C(O)C(COC1OC(CO)C(O)C(O)C1O)NC(=O)CCCCC/C=C\C/C=C\C/C=C\CC. The average Bonchev–Trinajstić information content (AvgIpc) is 3.04. The molecule has 1 aliphatic rings. The quantitative estimate of drug-likeness (QED) is 0.0662. The molecular formula is C36H59NO8. The van der Waals surface area contributed by atoms with Crippen molar-refractivity contribution in [3.05, 3.63) is 72.9 Å². The van der Waals surface area contributed by atoms with E-state index in [1.165, 1.54) is 0 Å². The van der Waals surface area contributed by atoms with Crippen LogP contribution in [-0.4, -0.2) is 87.5 Å². The molecule has 0 aromatic rings. The van der Waals surface area contributed by atoms with Crippen molar-refractivity contribution in [2.75, 3.05) is 13.2 Å². The molecule has 7 atom stereocenters. The number of ether oxygens (including phenoxy) is 2. The van der Waals surface area contributed by atoms with Gasteiger partial charge >= 0.3 is 0 Å². The lowest BCUT2D eigenvalue weighted by Crippen LogP contribution is -2.60. The average molecular weight is 634 g/mol. The maximum atomic E-state index is 12.8. The van der Waals surface area contributed by atoms with Crippen LogP contribution in [0.5, 0.6) is 0 Å². The van der Waals surface area contributed by atoms with Gasteiger partial charge in [-0.15, -0.1) is 0 Å². The van der Waals surface area contributed by atoms with Crippen LogP contribution in [0.25, 0.3) is 0 Å². The molecule has 1 amide bonds. The number of rotatable bonds is 24. The molecule has 0 aromatic carbocycles. The molecule has 0 saturated carbocycles. The number of amides is 1. The fourth-order valence-electron chi connectivity index (χ4n) is 4.62. The molecule has 9 nitrogen and oxygen atoms in total. The molecule has 0 radical (unpaired) electrons. The zero-order valence-corrected chi connectivity index (χ0v) is 27.3. The Morgan fingerprint density at radius 2 is 1.42 bits per heavy atom. The maximum absolute atomic E-state index is 12.8. The van der Waals surface area contributed by atoms with E-state index in [1.54, 1.807) is 6.08 Å². The van der Waals surface area contributed by atoms with Crippen LogP contribution in [0, 0.1) is 0 Å². The van der Waals surface area contributed by atoms with Crippen LogP contribution in [0.3, 0.4) is 0 Å². The molecule has 6 N–H and O–H groups in total. The van der Waals surface area contributed by atoms with Gasteiger partial charge in [-0.3, -0.25) is 4.79 Å². The molecule has 7 unspecified atom stereocenters. The highest BCUT2D eigenvalue weighted by atomic mass is 16.7. The summed E-state index contributed by atoms with van der Waals surface area (Å²) < 4.78 is 11.1. The molecular weight excluding hydrogens is 574 g/mol. The highest BCUT2D eigenvalue weighted by Crippen LogP contribution is 2.22. The largest absolute Gasteiger partial charge is 0.394 e. The highest BCUT2D eigenvalue weighted by Gasteiger charge is 2.44. The zero-order chi connectivity index (χ0) is 33.1. The van der Waals surface area contributed by atoms with E-state index in [-0.39, 0.29) is 12.5 Å². The lowest BCUT2D eigenvalue weighted by atomic mass is 9.99. The van der Waals surface area contributed by atoms with Crippen LogP contribution >= 0.6 is 0 Å². The number of carbonyl (C=O) groups excluding carboxylic acids is 1. The standard InChI is InChI=1S/C36H59NO8/c1-3-5-7-9-11-13-14-15-16-18-20-22-24-26-32(40)37-29(30(39)25-23-21-19-17-12-10-8-6-4-2)28-44-36-35(43)34(42)33(41)31(27-38)45-36/h4-7,11-13,15-17,23,25,29-31,33-36,38-39,41-43H,3,8-10,14,18-22,24,26-28H2,1-2H3,(H,37,40)/b6-4+,7-5-,13-11-,16-15-,17-12+,25-23+. The fourth-order valence-corrected chi connectivity index (χ4v) is 4.62. The van der Waals surface area contributed by atoms with Gasteiger partial charge in [0.05, 0.1) is 25.4 Å². The number of allylic oxidation sites excluding steroid dienone is 11. The second-order valence-electron chi connectivity index (χ2n) is 11.2. The molecule has 0 spiro atoms. The number of aliphatic hydroxyl groups is 5. The Kier molecular flexibility index (Phi) is 24.2. The summed E-state index contributed by atoms with van der Waals surface area (Å²) in [5.41, 5.74) is 0. The molecule has 0 aromatic heterocycles. The first-order valence-corrected chi connectivity index (χ1v) is 16.6. The van der Waals surface area contributed by atoms with E-state index < -0.39 is 49.5 Å². The second kappa shape index (κ2) is 26.8. The lowest BCUT2D eigenvalue weighted by Gasteiger charge is -2.40. The van der Waals surface area contributed by atoms with Crippen LogP contribution in [0.1, 0.15) is 90.9 Å². The van der Waals surface area contributed by atoms with Crippen LogP contribution in [0.4, 0.5) is 0 Å². The van der Waals surface area contributed by atoms with E-state index in [0.717, 1.165) is 57.8 Å². The van der Waals surface area contributed by atoms with Gasteiger partial charge in [0.15, 0.2) is 6.29 Å². The number of hydrogen-bond acceptors (Lipinski definition) is 8. The van der Waals surface area contributed by atoms with E-state index in [0.29, 0.717) is 19.3 Å². The molecule has 1 saturated heterocycles. The molecule has 256 valence electrons. The molecule has 1 aliphatic heterocycles. The first-order chi connectivity index (χ1) is 21.8. The summed E-state index contributed by atoms with van der Waals surface area (Å²) in [5.74, 6) is -0.230. The Hall–Kier alpha value is -2.37. The van der Waals surface area contributed by atoms with Crippen LogP contribution < -0.4 is 5.32 Å². The van der Waals surface area contributed by atoms with Gasteiger partial charge in [0.2, 0.25) is 5.91 Å². The highest BCUT2D eigenvalue weighted by molar-refractivity contribution is 5.76. The van der Waals surface area contributed by atoms with Gasteiger partial charge in [0.1, 0.15) is 24.4 Å². The van der Waals surface area contributed by atoms with Crippen molar-refractivity contribution in [1.82, 2.24) is 5.32 Å². The lowest BCUT2D eigenvalue weighted by molar-refractivity contribution is -0.302. The molecule has 1 fully saturated rings. The van der Waals surface area contributed by atoms with Gasteiger partial charge < -0.3 is 40.3 Å². The van der Waals surface area contributed by atoms with Gasteiger partial charge in [0.25, 0.3) is 0 Å². The van der Waals surface area contributed by atoms with E-state index >= 15 is 0 Å². The Labute approximate surface area is 270 Å². The van der Waals surface area contributed by atoms with Gasteiger partial charge in [0, 0.05) is 6.42 Å². The van der Waals surface area contributed by atoms with Crippen molar-refractivity contribution in [3.8, 4) is 0 Å². The van der Waals surface area contributed by atoms with Crippen molar-refractivity contribution in [2.24, 2.45) is 0 Å². The van der Waals surface area contributed by atoms with Gasteiger partial charge in [-0.05, 0) is 71.1 Å². The van der Waals surface area contributed by atoms with Crippen molar-refractivity contribution >= 4 is 5.91 Å². The predicted octanol–water partition coefficient (Wildman–Crippen LogP) is 4.71. The first kappa shape index (κ1) is 40.7. The molecule has 0 aliphatic carbocycles. The summed E-state index contributed by atoms with van der Waals surface area (Å²) in [6, 6.07) is -0.842. The van der Waals surface area contributed by atoms with Crippen molar-refractivity contribution < 1.29 is 39.8 Å². The first-order valence-electron chi connectivity index (χ1n) is 16.6. The number of hydrogen-bond donors (Lipinski definition) is 6. The third kappa shape index (κ3) is 19.0. The Bertz CT molecular complexity index is 926. The van der Waals surface area contributed by atoms with E-state index in [9.17, 15) is 30.3 Å². The minimum Gasteiger partial charge on any atom is -0.394 e. The van der Waals surface area contributed by atoms with Gasteiger partial charge in [-0.25, -0.2) is 0 Å². The minimum atomic E-state index is -1.58. The molecule has 1 heterocycles. The third-order valence-electron chi connectivity index (χ3n) is 7.34. The van der Waals surface area contributed by atoms with Crippen molar-refractivity contribution in [3.63, 3.8) is 0 Å². The molecule has 0 bridgehead atoms. The molecule has 45 heavy (non-hydrogen) atoms. The fraction of sp³-hybridized carbons (Fsp3) is 0.639. The van der Waals surface area contributed by atoms with Crippen LogP contribution in [0.2, 0.25) is 0 Å². The van der Waals surface area contributed by atoms with Gasteiger partial charge in [-0.2, -0.15) is 0 Å². The zero-order valence-electron chi connectivity index (χ0n) is 27.3. The van der Waals surface area contributed by atoms with Crippen LogP contribution in [0.15, 0.2) is 72.9 Å². The van der Waals surface area contributed by atoms with Crippen LogP contribution in [-0.2, 0) is 14.3 Å². The predicted molar refractivity (Wildman–Crippen MR) is 179 cm³/mol. The number of carbonyl (C=O) groups is 1. The van der Waals surface area contributed by atoms with E-state index in [1.807, 2.05) is 19.1 Å². The summed E-state index contributed by atoms with van der Waals surface area (Å²) in [5, 5.41) is 53.5. The van der Waals surface area contributed by atoms with E-state index in [4.69, 9.17) is 9.47 Å². The smallest absolute Gasteiger partial charge is 0.220 e. The summed E-state index contributed by atoms with van der Waals surface area (Å²) in [4.78, 5) is 12.8. The normalized spacial score (nSPS) is 24.3. The molecule has 1 rings (SSSR count). The third-order valence-corrected chi connectivity index (χ3v) is 7.34. The summed E-state index contributed by atoms with van der Waals surface area (Å²) in [7, 11) is 0. The topological polar surface area (TPSA) is 149 Å². The maximum Gasteiger partial charge on any atom is 0.220 e. The number of nitrogens with one attached hydrogen (secondary N) is 1. The minimum absolute atomic E-state index is 0.223. The number of unbranched alkanes of at least 4 members (excludes halogenated alkanes) is 5. The Morgan fingerprint density at radius 3 is 2.09 bits per heavy atom. The van der Waals surface area contributed by atoms with Crippen molar-refractivity contribution in [1.29, 1.82) is 0 Å². The van der Waals surface area contributed by atoms with Gasteiger partial charge in [-0.1, -0.05) is 86.3 Å². The summed E-state index contributed by atoms with van der Waals surface area (Å²) >= 11 is 0. The summed E-state index contributed by atoms with van der Waals surface area (Å²) in [6.07, 6.45) is 26.9. The molecule has 9 heteroatoms.